The van der Waals surface area contributed by atoms with Crippen molar-refractivity contribution in [2.45, 2.75) is 58.0 Å². The normalized spacial score (nSPS) is 24.8. The van der Waals surface area contributed by atoms with Gasteiger partial charge in [0, 0.05) is 37.7 Å². The summed E-state index contributed by atoms with van der Waals surface area (Å²) in [7, 11) is 0. The molecule has 3 aliphatic rings. The maximum absolute atomic E-state index is 12.6. The Morgan fingerprint density at radius 2 is 1.93 bits per heavy atom. The van der Waals surface area contributed by atoms with E-state index in [4.69, 9.17) is 4.52 Å². The highest BCUT2D eigenvalue weighted by molar-refractivity contribution is 5.81. The van der Waals surface area contributed by atoms with Gasteiger partial charge in [0.05, 0.1) is 18.2 Å². The highest BCUT2D eigenvalue weighted by Crippen LogP contribution is 2.32. The second-order valence-electron chi connectivity index (χ2n) is 8.32. The Hall–Kier alpha value is -1.89. The first-order valence-electron chi connectivity index (χ1n) is 10.3. The van der Waals surface area contributed by atoms with E-state index in [-0.39, 0.29) is 11.8 Å². The van der Waals surface area contributed by atoms with Gasteiger partial charge in [0.15, 0.2) is 5.76 Å². The quantitative estimate of drug-likeness (QED) is 0.849. The largest absolute Gasteiger partial charge is 0.359 e. The van der Waals surface area contributed by atoms with Crippen LogP contribution >= 0.6 is 0 Å². The molecule has 1 saturated carbocycles. The molecule has 0 bridgehead atoms. The molecule has 2 amide bonds. The molecule has 1 atom stereocenters. The molecule has 0 spiro atoms. The molecule has 2 saturated heterocycles. The molecule has 3 fully saturated rings. The van der Waals surface area contributed by atoms with Gasteiger partial charge in [0.1, 0.15) is 0 Å². The predicted octanol–water partition coefficient (Wildman–Crippen LogP) is 1.71. The summed E-state index contributed by atoms with van der Waals surface area (Å²) < 4.78 is 5.16. The van der Waals surface area contributed by atoms with Crippen molar-refractivity contribution in [1.29, 1.82) is 0 Å². The Kier molecular flexibility index (Phi) is 5.48. The van der Waals surface area contributed by atoms with Crippen LogP contribution in [0, 0.1) is 18.8 Å². The van der Waals surface area contributed by atoms with Crippen molar-refractivity contribution >= 4 is 11.8 Å². The van der Waals surface area contributed by atoms with Crippen molar-refractivity contribution in [1.82, 2.24) is 20.3 Å². The van der Waals surface area contributed by atoms with Gasteiger partial charge >= 0.3 is 0 Å². The van der Waals surface area contributed by atoms with Gasteiger partial charge in [-0.25, -0.2) is 0 Å². The Morgan fingerprint density at radius 3 is 2.59 bits per heavy atom. The van der Waals surface area contributed by atoms with E-state index in [1.807, 2.05) is 13.0 Å². The van der Waals surface area contributed by atoms with Gasteiger partial charge in [-0.05, 0) is 52.0 Å². The topological polar surface area (TPSA) is 78.7 Å². The maximum Gasteiger partial charge on any atom is 0.225 e. The van der Waals surface area contributed by atoms with Gasteiger partial charge < -0.3 is 14.7 Å². The summed E-state index contributed by atoms with van der Waals surface area (Å²) >= 11 is 0. The Bertz CT molecular complexity index is 677. The van der Waals surface area contributed by atoms with Crippen LogP contribution in [-0.2, 0) is 16.1 Å². The van der Waals surface area contributed by atoms with Gasteiger partial charge in [-0.15, -0.1) is 0 Å². The molecule has 27 heavy (non-hydrogen) atoms. The molecule has 1 aromatic heterocycles. The van der Waals surface area contributed by atoms with Crippen molar-refractivity contribution in [3.8, 4) is 0 Å². The van der Waals surface area contributed by atoms with Crippen LogP contribution in [0.25, 0.3) is 0 Å². The van der Waals surface area contributed by atoms with E-state index >= 15 is 0 Å². The SMILES string of the molecule is Cc1cc(CNC(=O)[C@@H]2CCCN(C3CCN(C(=O)C4CC4)CC3)C2)on1. The lowest BCUT2D eigenvalue weighted by Gasteiger charge is -2.42. The van der Waals surface area contributed by atoms with Crippen LogP contribution in [0.1, 0.15) is 50.0 Å². The third-order valence-corrected chi connectivity index (χ3v) is 6.16. The first-order chi connectivity index (χ1) is 13.1. The number of nitrogens with one attached hydrogen (secondary N) is 1. The average Bonchev–Trinajstić information content (AvgIpc) is 3.47. The highest BCUT2D eigenvalue weighted by atomic mass is 16.5. The molecule has 7 nitrogen and oxygen atoms in total. The monoisotopic (exact) mass is 374 g/mol. The Balaban J connectivity index is 1.24. The average molecular weight is 374 g/mol. The van der Waals surface area contributed by atoms with Crippen LogP contribution in [0.3, 0.4) is 0 Å². The van der Waals surface area contributed by atoms with Gasteiger partial charge in [-0.2, -0.15) is 0 Å². The molecule has 1 aromatic rings. The van der Waals surface area contributed by atoms with Crippen molar-refractivity contribution in [3.05, 3.63) is 17.5 Å². The number of carbonyl (C=O) groups is 2. The fourth-order valence-electron chi connectivity index (χ4n) is 4.41. The number of aryl methyl sites for hydroxylation is 1. The van der Waals surface area contributed by atoms with E-state index in [0.717, 1.165) is 70.4 Å². The van der Waals surface area contributed by atoms with E-state index in [1.165, 1.54) is 0 Å². The fourth-order valence-corrected chi connectivity index (χ4v) is 4.41. The number of aromatic nitrogens is 1. The van der Waals surface area contributed by atoms with Crippen molar-refractivity contribution in [2.24, 2.45) is 11.8 Å². The van der Waals surface area contributed by atoms with Crippen LogP contribution in [0.2, 0.25) is 0 Å². The van der Waals surface area contributed by atoms with Crippen molar-refractivity contribution in [3.63, 3.8) is 0 Å². The third kappa shape index (κ3) is 4.51. The molecule has 7 heteroatoms. The van der Waals surface area contributed by atoms with Gasteiger partial charge in [0.25, 0.3) is 0 Å². The zero-order chi connectivity index (χ0) is 18.8. The lowest BCUT2D eigenvalue weighted by atomic mass is 9.93. The lowest BCUT2D eigenvalue weighted by Crippen LogP contribution is -2.51. The predicted molar refractivity (Wildman–Crippen MR) is 99.7 cm³/mol. The van der Waals surface area contributed by atoms with Crippen LogP contribution in [0.15, 0.2) is 10.6 Å². The molecule has 3 heterocycles. The number of rotatable bonds is 5. The minimum Gasteiger partial charge on any atom is -0.359 e. The number of nitrogens with zero attached hydrogens (tertiary/aromatic N) is 3. The zero-order valence-electron chi connectivity index (χ0n) is 16.2. The minimum absolute atomic E-state index is 0.0360. The molecule has 0 aromatic carbocycles. The summed E-state index contributed by atoms with van der Waals surface area (Å²) in [5, 5.41) is 6.85. The Morgan fingerprint density at radius 1 is 1.15 bits per heavy atom. The van der Waals surface area contributed by atoms with Crippen LogP contribution in [0.4, 0.5) is 0 Å². The molecule has 2 aliphatic heterocycles. The molecule has 148 valence electrons. The third-order valence-electron chi connectivity index (χ3n) is 6.16. The number of carbonyl (C=O) groups excluding carboxylic acids is 2. The first-order valence-corrected chi connectivity index (χ1v) is 10.3. The summed E-state index contributed by atoms with van der Waals surface area (Å²) in [6, 6.07) is 2.35. The summed E-state index contributed by atoms with van der Waals surface area (Å²) in [6.07, 6.45) is 6.22. The molecule has 0 unspecified atom stereocenters. The molecule has 1 N–H and O–H groups in total. The van der Waals surface area contributed by atoms with Crippen LogP contribution in [0.5, 0.6) is 0 Å². The summed E-state index contributed by atoms with van der Waals surface area (Å²) in [6.45, 7) is 5.90. The van der Waals surface area contributed by atoms with E-state index in [1.54, 1.807) is 0 Å². The van der Waals surface area contributed by atoms with E-state index in [0.29, 0.717) is 30.2 Å². The number of hydrogen-bond donors (Lipinski definition) is 1. The Labute approximate surface area is 160 Å². The first kappa shape index (κ1) is 18.5. The molecule has 1 aliphatic carbocycles. The van der Waals surface area contributed by atoms with Crippen LogP contribution < -0.4 is 5.32 Å². The maximum atomic E-state index is 12.6. The van der Waals surface area contributed by atoms with Crippen molar-refractivity contribution < 1.29 is 14.1 Å². The summed E-state index contributed by atoms with van der Waals surface area (Å²) in [5.41, 5.74) is 0.828. The van der Waals surface area contributed by atoms with E-state index < -0.39 is 0 Å². The standard InChI is InChI=1S/C20H30N4O3/c1-14-11-18(27-22-14)12-21-19(25)16-3-2-8-24(13-16)17-6-9-23(10-7-17)20(26)15-4-5-15/h11,15-17H,2-10,12-13H2,1H3,(H,21,25)/t16-/m1/s1. The summed E-state index contributed by atoms with van der Waals surface area (Å²) in [4.78, 5) is 29.3. The van der Waals surface area contributed by atoms with Crippen molar-refractivity contribution in [2.75, 3.05) is 26.2 Å². The smallest absolute Gasteiger partial charge is 0.225 e. The molecule has 4 rings (SSSR count). The number of likely N-dealkylation sites (tertiary alicyclic amines) is 2. The number of amides is 2. The molecular weight excluding hydrogens is 344 g/mol. The fraction of sp³-hybridized carbons (Fsp3) is 0.750. The second-order valence-corrected chi connectivity index (χ2v) is 8.32. The lowest BCUT2D eigenvalue weighted by molar-refractivity contribution is -0.134. The van der Waals surface area contributed by atoms with Crippen LogP contribution in [-0.4, -0.2) is 59.0 Å². The number of hydrogen-bond acceptors (Lipinski definition) is 5. The highest BCUT2D eigenvalue weighted by Gasteiger charge is 2.37. The van der Waals surface area contributed by atoms with Gasteiger partial charge in [-0.3, -0.25) is 14.5 Å². The van der Waals surface area contributed by atoms with Gasteiger partial charge in [-0.1, -0.05) is 5.16 Å². The summed E-state index contributed by atoms with van der Waals surface area (Å²) in [5.74, 6) is 1.52. The number of piperidine rings is 2. The van der Waals surface area contributed by atoms with Gasteiger partial charge in [0.2, 0.25) is 11.8 Å². The van der Waals surface area contributed by atoms with E-state index in [9.17, 15) is 9.59 Å². The second kappa shape index (κ2) is 8.00. The molecular formula is C20H30N4O3. The minimum atomic E-state index is 0.0360. The zero-order valence-corrected chi connectivity index (χ0v) is 16.2. The van der Waals surface area contributed by atoms with E-state index in [2.05, 4.69) is 20.3 Å². The molecule has 0 radical (unpaired) electrons.